The van der Waals surface area contributed by atoms with E-state index in [1.807, 2.05) is 26.0 Å². The summed E-state index contributed by atoms with van der Waals surface area (Å²) in [6.45, 7) is 11.0. The number of esters is 1. The van der Waals surface area contributed by atoms with Gasteiger partial charge in [-0.15, -0.1) is 0 Å². The Bertz CT molecular complexity index is 952. The van der Waals surface area contributed by atoms with Gasteiger partial charge in [-0.05, 0) is 57.5 Å². The Morgan fingerprint density at radius 1 is 1.00 bits per heavy atom. The first-order valence-corrected chi connectivity index (χ1v) is 11.7. The summed E-state index contributed by atoms with van der Waals surface area (Å²) >= 11 is 0. The molecule has 0 aliphatic carbocycles. The highest BCUT2D eigenvalue weighted by atomic mass is 16.5. The van der Waals surface area contributed by atoms with E-state index in [1.165, 1.54) is 0 Å². The van der Waals surface area contributed by atoms with Crippen LogP contribution >= 0.6 is 0 Å². The second-order valence-corrected chi connectivity index (χ2v) is 8.30. The van der Waals surface area contributed by atoms with E-state index in [1.54, 1.807) is 30.3 Å². The van der Waals surface area contributed by atoms with Crippen molar-refractivity contribution in [3.05, 3.63) is 53.6 Å². The molecule has 2 aromatic rings. The van der Waals surface area contributed by atoms with Crippen molar-refractivity contribution in [1.82, 2.24) is 4.90 Å². The van der Waals surface area contributed by atoms with Crippen LogP contribution in [0.4, 0.5) is 5.69 Å². The monoisotopic (exact) mass is 470 g/mol. The van der Waals surface area contributed by atoms with E-state index >= 15 is 0 Å². The molecule has 1 aliphatic rings. The molecule has 1 heterocycles. The van der Waals surface area contributed by atoms with Crippen LogP contribution in [0.15, 0.2) is 42.5 Å². The lowest BCUT2D eigenvalue weighted by molar-refractivity contribution is -0.119. The third-order valence-corrected chi connectivity index (χ3v) is 5.26. The van der Waals surface area contributed by atoms with Crippen LogP contribution in [0.1, 0.15) is 43.6 Å². The van der Waals surface area contributed by atoms with Crippen LogP contribution in [-0.2, 0) is 20.8 Å². The number of amides is 1. The molecular formula is C26H34N2O6. The molecule has 1 saturated heterocycles. The third-order valence-electron chi connectivity index (χ3n) is 5.26. The average Bonchev–Trinajstić information content (AvgIpc) is 2.79. The van der Waals surface area contributed by atoms with Crippen molar-refractivity contribution in [3.63, 3.8) is 0 Å². The summed E-state index contributed by atoms with van der Waals surface area (Å²) in [5.41, 5.74) is 1.96. The number of morpholine rings is 1. The number of benzene rings is 2. The van der Waals surface area contributed by atoms with E-state index in [0.29, 0.717) is 36.0 Å². The summed E-state index contributed by atoms with van der Waals surface area (Å²) in [4.78, 5) is 27.2. The van der Waals surface area contributed by atoms with E-state index < -0.39 is 18.5 Å². The van der Waals surface area contributed by atoms with Crippen LogP contribution in [0.3, 0.4) is 0 Å². The number of carbonyl (C=O) groups is 2. The number of hydrogen-bond acceptors (Lipinski definition) is 7. The number of hydrogen-bond donors (Lipinski definition) is 1. The van der Waals surface area contributed by atoms with Gasteiger partial charge in [0.15, 0.2) is 6.61 Å². The summed E-state index contributed by atoms with van der Waals surface area (Å²) in [6.07, 6.45) is 0.408. The molecular weight excluding hydrogens is 436 g/mol. The fourth-order valence-corrected chi connectivity index (χ4v) is 3.96. The number of nitrogens with one attached hydrogen (secondary N) is 1. The summed E-state index contributed by atoms with van der Waals surface area (Å²) in [5, 5.41) is 2.73. The normalized spacial score (nSPS) is 18.2. The van der Waals surface area contributed by atoms with Crippen LogP contribution in [0, 0.1) is 0 Å². The minimum absolute atomic E-state index is 0.204. The van der Waals surface area contributed by atoms with Crippen molar-refractivity contribution in [2.24, 2.45) is 0 Å². The molecule has 184 valence electrons. The lowest BCUT2D eigenvalue weighted by atomic mass is 10.1. The lowest BCUT2D eigenvalue weighted by Crippen LogP contribution is -2.44. The average molecular weight is 471 g/mol. The van der Waals surface area contributed by atoms with Gasteiger partial charge < -0.3 is 24.3 Å². The second kappa shape index (κ2) is 12.4. The summed E-state index contributed by atoms with van der Waals surface area (Å²) in [6, 6.07) is 12.5. The molecule has 0 saturated carbocycles. The van der Waals surface area contributed by atoms with E-state index in [0.717, 1.165) is 25.2 Å². The topological polar surface area (TPSA) is 86.3 Å². The highest BCUT2D eigenvalue weighted by molar-refractivity contribution is 5.96. The Morgan fingerprint density at radius 3 is 2.32 bits per heavy atom. The predicted octanol–water partition coefficient (Wildman–Crippen LogP) is 3.89. The van der Waals surface area contributed by atoms with Gasteiger partial charge in [-0.2, -0.15) is 0 Å². The molecule has 8 heteroatoms. The molecule has 0 spiro atoms. The molecule has 1 amide bonds. The fraction of sp³-hybridized carbons (Fsp3) is 0.462. The van der Waals surface area contributed by atoms with Gasteiger partial charge in [0, 0.05) is 25.7 Å². The van der Waals surface area contributed by atoms with Gasteiger partial charge in [-0.1, -0.05) is 12.1 Å². The minimum Gasteiger partial charge on any atom is -0.494 e. The lowest BCUT2D eigenvalue weighted by Gasteiger charge is -2.35. The Labute approximate surface area is 201 Å². The maximum atomic E-state index is 12.4. The van der Waals surface area contributed by atoms with Crippen molar-refractivity contribution < 1.29 is 28.5 Å². The first kappa shape index (κ1) is 25.5. The molecule has 3 rings (SSSR count). The van der Waals surface area contributed by atoms with Crippen LogP contribution in [-0.4, -0.2) is 61.9 Å². The molecule has 1 fully saturated rings. The standard InChI is InChI=1S/C26H34N2O6/c1-5-31-22-11-12-24(32-6-2)23(13-22)27-25(29)17-33-26(30)21-9-7-20(8-10-21)16-28-14-18(3)34-19(4)15-28/h7-13,18-19H,5-6,14-17H2,1-4H3,(H,27,29). The molecule has 8 nitrogen and oxygen atoms in total. The van der Waals surface area contributed by atoms with Gasteiger partial charge in [0.1, 0.15) is 11.5 Å². The van der Waals surface area contributed by atoms with Gasteiger partial charge >= 0.3 is 5.97 Å². The smallest absolute Gasteiger partial charge is 0.338 e. The van der Waals surface area contributed by atoms with E-state index in [2.05, 4.69) is 24.1 Å². The van der Waals surface area contributed by atoms with Gasteiger partial charge in [0.2, 0.25) is 0 Å². The fourth-order valence-electron chi connectivity index (χ4n) is 3.96. The zero-order valence-electron chi connectivity index (χ0n) is 20.3. The molecule has 0 radical (unpaired) electrons. The number of carbonyl (C=O) groups excluding carboxylic acids is 2. The highest BCUT2D eigenvalue weighted by Gasteiger charge is 2.22. The molecule has 2 aromatic carbocycles. The molecule has 1 aliphatic heterocycles. The van der Waals surface area contributed by atoms with Crippen LogP contribution < -0.4 is 14.8 Å². The number of ether oxygens (including phenoxy) is 4. The summed E-state index contributed by atoms with van der Waals surface area (Å²) in [5.74, 6) is 0.114. The quantitative estimate of drug-likeness (QED) is 0.527. The largest absolute Gasteiger partial charge is 0.494 e. The highest BCUT2D eigenvalue weighted by Crippen LogP contribution is 2.29. The van der Waals surface area contributed by atoms with Crippen molar-refractivity contribution in [3.8, 4) is 11.5 Å². The van der Waals surface area contributed by atoms with E-state index in [4.69, 9.17) is 18.9 Å². The number of anilines is 1. The van der Waals surface area contributed by atoms with Gasteiger partial charge in [-0.25, -0.2) is 4.79 Å². The molecule has 1 N–H and O–H groups in total. The van der Waals surface area contributed by atoms with Gasteiger partial charge in [-0.3, -0.25) is 9.69 Å². The van der Waals surface area contributed by atoms with Crippen molar-refractivity contribution in [2.45, 2.75) is 46.4 Å². The maximum absolute atomic E-state index is 12.4. The molecule has 2 unspecified atom stereocenters. The van der Waals surface area contributed by atoms with Gasteiger partial charge in [0.25, 0.3) is 5.91 Å². The zero-order valence-corrected chi connectivity index (χ0v) is 20.3. The van der Waals surface area contributed by atoms with E-state index in [9.17, 15) is 9.59 Å². The van der Waals surface area contributed by atoms with E-state index in [-0.39, 0.29) is 12.2 Å². The minimum atomic E-state index is -0.552. The van der Waals surface area contributed by atoms with Crippen molar-refractivity contribution in [2.75, 3.05) is 38.2 Å². The third kappa shape index (κ3) is 7.46. The molecule has 2 atom stereocenters. The van der Waals surface area contributed by atoms with Crippen molar-refractivity contribution >= 4 is 17.6 Å². The summed E-state index contributed by atoms with van der Waals surface area (Å²) in [7, 11) is 0. The Morgan fingerprint density at radius 2 is 1.68 bits per heavy atom. The first-order chi connectivity index (χ1) is 16.4. The molecule has 34 heavy (non-hydrogen) atoms. The second-order valence-electron chi connectivity index (χ2n) is 8.30. The van der Waals surface area contributed by atoms with Gasteiger partial charge in [0.05, 0.1) is 36.7 Å². The summed E-state index contributed by atoms with van der Waals surface area (Å²) < 4.78 is 22.0. The Hall–Kier alpha value is -3.10. The number of nitrogens with zero attached hydrogens (tertiary/aromatic N) is 1. The first-order valence-electron chi connectivity index (χ1n) is 11.7. The predicted molar refractivity (Wildman–Crippen MR) is 129 cm³/mol. The van der Waals surface area contributed by atoms with Crippen LogP contribution in [0.5, 0.6) is 11.5 Å². The zero-order chi connectivity index (χ0) is 24.5. The maximum Gasteiger partial charge on any atom is 0.338 e. The van der Waals surface area contributed by atoms with Crippen molar-refractivity contribution in [1.29, 1.82) is 0 Å². The van der Waals surface area contributed by atoms with Crippen LogP contribution in [0.25, 0.3) is 0 Å². The Kier molecular flexibility index (Phi) is 9.30. The van der Waals surface area contributed by atoms with Crippen LogP contribution in [0.2, 0.25) is 0 Å². The Balaban J connectivity index is 1.52. The SMILES string of the molecule is CCOc1ccc(OCC)c(NC(=O)COC(=O)c2ccc(CN3CC(C)OC(C)C3)cc2)c1. The number of rotatable bonds is 10. The molecule has 0 bridgehead atoms. The molecule has 0 aromatic heterocycles.